The van der Waals surface area contributed by atoms with Crippen LogP contribution in [-0.4, -0.2) is 15.0 Å². The minimum Gasteiger partial charge on any atom is -0.456 e. The molecule has 5 nitrogen and oxygen atoms in total. The van der Waals surface area contributed by atoms with Gasteiger partial charge in [0.25, 0.3) is 0 Å². The van der Waals surface area contributed by atoms with Crippen molar-refractivity contribution in [3.63, 3.8) is 0 Å². The van der Waals surface area contributed by atoms with E-state index in [9.17, 15) is 0 Å². The predicted molar refractivity (Wildman–Crippen MR) is 237 cm³/mol. The molecule has 58 heavy (non-hydrogen) atoms. The van der Waals surface area contributed by atoms with Crippen molar-refractivity contribution in [3.05, 3.63) is 193 Å². The van der Waals surface area contributed by atoms with Gasteiger partial charge in [0.1, 0.15) is 22.3 Å². The molecular formula is C53H33N3O2. The van der Waals surface area contributed by atoms with Crippen molar-refractivity contribution in [2.75, 3.05) is 0 Å². The molecule has 0 saturated heterocycles. The Morgan fingerprint density at radius 2 is 1.07 bits per heavy atom. The van der Waals surface area contributed by atoms with Gasteiger partial charge in [0, 0.05) is 44.2 Å². The quantitative estimate of drug-likeness (QED) is 0.176. The molecule has 3 heterocycles. The van der Waals surface area contributed by atoms with Crippen LogP contribution < -0.4 is 0 Å². The van der Waals surface area contributed by atoms with Crippen molar-refractivity contribution >= 4 is 71.0 Å². The maximum absolute atomic E-state index is 6.62. The number of para-hydroxylation sites is 2. The predicted octanol–water partition coefficient (Wildman–Crippen LogP) is 14.1. The number of benzene rings is 8. The molecule has 1 unspecified atom stereocenters. The molecule has 0 radical (unpaired) electrons. The van der Waals surface area contributed by atoms with Crippen LogP contribution in [0.15, 0.2) is 191 Å². The van der Waals surface area contributed by atoms with E-state index in [2.05, 4.69) is 140 Å². The summed E-state index contributed by atoms with van der Waals surface area (Å²) < 4.78 is 12.8. The van der Waals surface area contributed by atoms with E-state index in [0.717, 1.165) is 83.3 Å². The van der Waals surface area contributed by atoms with E-state index in [1.165, 1.54) is 21.9 Å². The molecule has 11 aromatic rings. The Balaban J connectivity index is 1.05. The topological polar surface area (TPSA) is 65.0 Å². The van der Waals surface area contributed by atoms with Gasteiger partial charge in [0.15, 0.2) is 17.5 Å². The summed E-state index contributed by atoms with van der Waals surface area (Å²) >= 11 is 0. The normalized spacial score (nSPS) is 14.3. The van der Waals surface area contributed by atoms with Crippen molar-refractivity contribution in [1.29, 1.82) is 0 Å². The second-order valence-corrected chi connectivity index (χ2v) is 15.1. The molecule has 8 aromatic carbocycles. The Hall–Kier alpha value is -7.63. The number of hydrogen-bond donors (Lipinski definition) is 0. The highest BCUT2D eigenvalue weighted by Crippen LogP contribution is 2.42. The van der Waals surface area contributed by atoms with Crippen molar-refractivity contribution in [2.24, 2.45) is 0 Å². The third-order valence-corrected chi connectivity index (χ3v) is 11.6. The first-order chi connectivity index (χ1) is 28.7. The van der Waals surface area contributed by atoms with E-state index < -0.39 is 0 Å². The van der Waals surface area contributed by atoms with E-state index in [0.29, 0.717) is 17.5 Å². The standard InChI is InChI=1S/C53H33N3O2/c1-2-12-36-28-37(25-22-32(36)10-1)51-54-52(38-26-27-48-44(29-38)42-15-5-7-18-46(42)57-48)56-53(55-51)45-30-39(31-49-50(45)43-16-6-8-19-47(43)58-49)33-20-23-35(24-21-33)41-17-9-13-34-11-3-4-14-40(34)41/h1-20,22-31,33H,21H2. The average molecular weight is 744 g/mol. The molecule has 272 valence electrons. The van der Waals surface area contributed by atoms with Crippen molar-refractivity contribution in [1.82, 2.24) is 15.0 Å². The van der Waals surface area contributed by atoms with Crippen molar-refractivity contribution in [2.45, 2.75) is 12.3 Å². The molecule has 12 rings (SSSR count). The fourth-order valence-electron chi connectivity index (χ4n) is 8.76. The fourth-order valence-corrected chi connectivity index (χ4v) is 8.76. The summed E-state index contributed by atoms with van der Waals surface area (Å²) in [5.41, 5.74) is 9.67. The molecule has 1 aliphatic rings. The first-order valence-electron chi connectivity index (χ1n) is 19.7. The van der Waals surface area contributed by atoms with Crippen molar-refractivity contribution < 1.29 is 8.83 Å². The molecule has 3 aromatic heterocycles. The lowest BCUT2D eigenvalue weighted by molar-refractivity contribution is 0.667. The molecule has 0 aliphatic heterocycles. The van der Waals surface area contributed by atoms with Crippen LogP contribution in [0.5, 0.6) is 0 Å². The molecule has 0 spiro atoms. The molecule has 0 N–H and O–H groups in total. The lowest BCUT2D eigenvalue weighted by atomic mass is 9.86. The van der Waals surface area contributed by atoms with Gasteiger partial charge in [0.2, 0.25) is 0 Å². The van der Waals surface area contributed by atoms with Gasteiger partial charge in [-0.25, -0.2) is 15.0 Å². The van der Waals surface area contributed by atoms with Crippen LogP contribution in [0.25, 0.3) is 105 Å². The molecule has 0 amide bonds. The molecule has 0 saturated carbocycles. The third-order valence-electron chi connectivity index (χ3n) is 11.6. The van der Waals surface area contributed by atoms with Gasteiger partial charge < -0.3 is 8.83 Å². The summed E-state index contributed by atoms with van der Waals surface area (Å²) in [7, 11) is 0. The first kappa shape index (κ1) is 32.6. The van der Waals surface area contributed by atoms with Crippen LogP contribution in [0.1, 0.15) is 23.5 Å². The zero-order chi connectivity index (χ0) is 38.2. The van der Waals surface area contributed by atoms with Gasteiger partial charge in [-0.15, -0.1) is 0 Å². The summed E-state index contributed by atoms with van der Waals surface area (Å²) in [6, 6.07) is 56.9. The lowest BCUT2D eigenvalue weighted by Crippen LogP contribution is -2.03. The van der Waals surface area contributed by atoms with Gasteiger partial charge in [-0.1, -0.05) is 133 Å². The van der Waals surface area contributed by atoms with Crippen molar-refractivity contribution in [3.8, 4) is 34.2 Å². The molecular weight excluding hydrogens is 711 g/mol. The third kappa shape index (κ3) is 5.35. The maximum atomic E-state index is 6.62. The van der Waals surface area contributed by atoms with Crippen LogP contribution >= 0.6 is 0 Å². The Bertz CT molecular complexity index is 3510. The number of furan rings is 2. The number of allylic oxidation sites excluding steroid dienone is 4. The van der Waals surface area contributed by atoms with E-state index in [1.54, 1.807) is 0 Å². The Morgan fingerprint density at radius 1 is 0.431 bits per heavy atom. The minimum atomic E-state index is 0.133. The number of hydrogen-bond acceptors (Lipinski definition) is 5. The number of rotatable bonds is 5. The molecule has 0 bridgehead atoms. The number of fused-ring (bicyclic) bond motifs is 8. The molecule has 0 fully saturated rings. The SMILES string of the molecule is C1=CC(c2cc(-c3nc(-c4ccc5ccccc5c4)nc(-c4ccc5oc6ccccc6c5c4)n3)c3c(c2)oc2ccccc23)CC=C1c1cccc2ccccc12. The lowest BCUT2D eigenvalue weighted by Gasteiger charge is -2.19. The van der Waals surface area contributed by atoms with Gasteiger partial charge in [-0.3, -0.25) is 0 Å². The number of aromatic nitrogens is 3. The van der Waals surface area contributed by atoms with Crippen LogP contribution in [0.2, 0.25) is 0 Å². The van der Waals surface area contributed by atoms with Crippen LogP contribution in [0.4, 0.5) is 0 Å². The highest BCUT2D eigenvalue weighted by atomic mass is 16.3. The van der Waals surface area contributed by atoms with Gasteiger partial charge in [0.05, 0.1) is 0 Å². The van der Waals surface area contributed by atoms with Gasteiger partial charge in [-0.2, -0.15) is 0 Å². The second kappa shape index (κ2) is 13.0. The zero-order valence-electron chi connectivity index (χ0n) is 31.3. The minimum absolute atomic E-state index is 0.133. The smallest absolute Gasteiger partial charge is 0.164 e. The van der Waals surface area contributed by atoms with E-state index >= 15 is 0 Å². The van der Waals surface area contributed by atoms with E-state index in [4.69, 9.17) is 23.8 Å². The maximum Gasteiger partial charge on any atom is 0.164 e. The largest absolute Gasteiger partial charge is 0.456 e. The van der Waals surface area contributed by atoms with Crippen LogP contribution in [0, 0.1) is 0 Å². The molecule has 1 aliphatic carbocycles. The van der Waals surface area contributed by atoms with Gasteiger partial charge in [-0.05, 0) is 93.2 Å². The summed E-state index contributed by atoms with van der Waals surface area (Å²) in [5, 5.41) is 8.89. The Kier molecular flexibility index (Phi) is 7.29. The summed E-state index contributed by atoms with van der Waals surface area (Å²) in [4.78, 5) is 15.8. The average Bonchev–Trinajstić information content (AvgIpc) is 3.86. The Morgan fingerprint density at radius 3 is 1.90 bits per heavy atom. The summed E-state index contributed by atoms with van der Waals surface area (Å²) in [5.74, 6) is 1.92. The summed E-state index contributed by atoms with van der Waals surface area (Å²) in [6.45, 7) is 0. The zero-order valence-corrected chi connectivity index (χ0v) is 31.3. The monoisotopic (exact) mass is 743 g/mol. The van der Waals surface area contributed by atoms with E-state index in [1.807, 2.05) is 42.5 Å². The molecule has 5 heteroatoms. The summed E-state index contributed by atoms with van der Waals surface area (Å²) in [6.07, 6.45) is 7.81. The highest BCUT2D eigenvalue weighted by molar-refractivity contribution is 6.12. The first-order valence-corrected chi connectivity index (χ1v) is 19.7. The highest BCUT2D eigenvalue weighted by Gasteiger charge is 2.23. The fraction of sp³-hybridized carbons (Fsp3) is 0.0377. The Labute approximate surface area is 333 Å². The number of nitrogens with zero attached hydrogens (tertiary/aromatic N) is 3. The molecule has 1 atom stereocenters. The van der Waals surface area contributed by atoms with Crippen LogP contribution in [0.3, 0.4) is 0 Å². The van der Waals surface area contributed by atoms with Gasteiger partial charge >= 0.3 is 0 Å². The van der Waals surface area contributed by atoms with Crippen LogP contribution in [-0.2, 0) is 0 Å². The van der Waals surface area contributed by atoms with E-state index in [-0.39, 0.29) is 5.92 Å². The second-order valence-electron chi connectivity index (χ2n) is 15.1.